The molecular formula is C27H32ClF3N4O3. The van der Waals surface area contributed by atoms with Gasteiger partial charge in [0.15, 0.2) is 6.10 Å². The van der Waals surface area contributed by atoms with Crippen LogP contribution >= 0.6 is 11.6 Å². The van der Waals surface area contributed by atoms with Crippen molar-refractivity contribution in [1.29, 1.82) is 0 Å². The molecule has 4 rings (SSSR count). The molecule has 2 aliphatic rings. The summed E-state index contributed by atoms with van der Waals surface area (Å²) >= 11 is 6.21. The standard InChI is InChI=1S/C27H32ClF3N4O3/c1-32-25(37)21-5-6-22(33-24(21)28)34-11-7-17(8-12-34)15-18-9-13-35(14-10-18)26(38)23(36)19-3-2-4-20(16-19)27(29,30)31/h2-6,16-18,23,36H,7-15H2,1H3,(H,32,37). The molecule has 0 radical (unpaired) electrons. The Morgan fingerprint density at radius 1 is 1.08 bits per heavy atom. The molecule has 2 saturated heterocycles. The summed E-state index contributed by atoms with van der Waals surface area (Å²) in [5.41, 5.74) is -0.580. The number of likely N-dealkylation sites (tertiary alicyclic amines) is 1. The first-order valence-electron chi connectivity index (χ1n) is 12.8. The Hall–Kier alpha value is -2.85. The number of hydrogen-bond donors (Lipinski definition) is 2. The number of anilines is 1. The summed E-state index contributed by atoms with van der Waals surface area (Å²) in [4.78, 5) is 32.7. The lowest BCUT2D eigenvalue weighted by atomic mass is 9.82. The topological polar surface area (TPSA) is 85.8 Å². The van der Waals surface area contributed by atoms with Crippen LogP contribution in [0.4, 0.5) is 19.0 Å². The minimum atomic E-state index is -4.53. The number of hydrogen-bond acceptors (Lipinski definition) is 5. The van der Waals surface area contributed by atoms with Crippen molar-refractivity contribution < 1.29 is 27.9 Å². The van der Waals surface area contributed by atoms with Gasteiger partial charge in [0.05, 0.1) is 11.1 Å². The minimum Gasteiger partial charge on any atom is -0.378 e. The van der Waals surface area contributed by atoms with Crippen LogP contribution in [0.25, 0.3) is 0 Å². The average Bonchev–Trinajstić information content (AvgIpc) is 2.92. The van der Waals surface area contributed by atoms with Crippen LogP contribution in [0.15, 0.2) is 36.4 Å². The number of aliphatic hydroxyl groups excluding tert-OH is 1. The monoisotopic (exact) mass is 552 g/mol. The van der Waals surface area contributed by atoms with E-state index in [2.05, 4.69) is 15.2 Å². The number of nitrogens with zero attached hydrogens (tertiary/aromatic N) is 3. The Balaban J connectivity index is 1.24. The molecule has 3 heterocycles. The molecule has 7 nitrogen and oxygen atoms in total. The van der Waals surface area contributed by atoms with Gasteiger partial charge < -0.3 is 20.2 Å². The molecule has 1 aromatic heterocycles. The first-order valence-corrected chi connectivity index (χ1v) is 13.2. The number of alkyl halides is 3. The zero-order valence-electron chi connectivity index (χ0n) is 21.2. The van der Waals surface area contributed by atoms with Gasteiger partial charge in [-0.25, -0.2) is 4.98 Å². The van der Waals surface area contributed by atoms with Crippen LogP contribution in [0.5, 0.6) is 0 Å². The number of benzene rings is 1. The van der Waals surface area contributed by atoms with Gasteiger partial charge in [-0.05, 0) is 73.8 Å². The third kappa shape index (κ3) is 6.58. The van der Waals surface area contributed by atoms with Crippen molar-refractivity contribution in [2.75, 3.05) is 38.1 Å². The first kappa shape index (κ1) is 28.2. The molecule has 206 valence electrons. The normalized spacial score (nSPS) is 18.4. The summed E-state index contributed by atoms with van der Waals surface area (Å²) in [6, 6.07) is 7.81. The van der Waals surface area contributed by atoms with Gasteiger partial charge in [0.1, 0.15) is 11.0 Å². The molecule has 1 unspecified atom stereocenters. The van der Waals surface area contributed by atoms with Crippen molar-refractivity contribution in [2.45, 2.75) is 44.4 Å². The van der Waals surface area contributed by atoms with Gasteiger partial charge in [0.2, 0.25) is 0 Å². The van der Waals surface area contributed by atoms with Gasteiger partial charge in [0, 0.05) is 33.2 Å². The van der Waals surface area contributed by atoms with Gasteiger partial charge in [-0.15, -0.1) is 0 Å². The molecule has 2 fully saturated rings. The highest BCUT2D eigenvalue weighted by molar-refractivity contribution is 6.32. The van der Waals surface area contributed by atoms with Crippen molar-refractivity contribution in [1.82, 2.24) is 15.2 Å². The first-order chi connectivity index (χ1) is 18.1. The quantitative estimate of drug-likeness (QED) is 0.508. The number of amides is 2. The van der Waals surface area contributed by atoms with E-state index in [-0.39, 0.29) is 16.6 Å². The Labute approximate surface area is 225 Å². The second-order valence-corrected chi connectivity index (χ2v) is 10.4. The molecule has 0 saturated carbocycles. The fourth-order valence-corrected chi connectivity index (χ4v) is 5.60. The highest BCUT2D eigenvalue weighted by Crippen LogP contribution is 2.34. The van der Waals surface area contributed by atoms with Crippen LogP contribution in [0.3, 0.4) is 0 Å². The second-order valence-electron chi connectivity index (χ2n) is 10.0. The molecule has 1 aromatic carbocycles. The maximum Gasteiger partial charge on any atom is 0.416 e. The number of aliphatic hydroxyl groups is 1. The molecule has 0 aliphatic carbocycles. The summed E-state index contributed by atoms with van der Waals surface area (Å²) < 4.78 is 39.0. The second kappa shape index (κ2) is 11.9. The van der Waals surface area contributed by atoms with Crippen molar-refractivity contribution in [2.24, 2.45) is 11.8 Å². The van der Waals surface area contributed by atoms with Crippen LogP contribution in [-0.4, -0.2) is 60.0 Å². The van der Waals surface area contributed by atoms with E-state index >= 15 is 0 Å². The Morgan fingerprint density at radius 3 is 2.29 bits per heavy atom. The number of nitrogens with one attached hydrogen (secondary N) is 1. The van der Waals surface area contributed by atoms with Gasteiger partial charge in [-0.3, -0.25) is 9.59 Å². The highest BCUT2D eigenvalue weighted by atomic mass is 35.5. The molecule has 2 aromatic rings. The van der Waals surface area contributed by atoms with Gasteiger partial charge in [-0.2, -0.15) is 13.2 Å². The third-order valence-electron chi connectivity index (χ3n) is 7.60. The van der Waals surface area contributed by atoms with Gasteiger partial charge >= 0.3 is 6.18 Å². The molecule has 0 bridgehead atoms. The van der Waals surface area contributed by atoms with Crippen LogP contribution in [0.1, 0.15) is 59.7 Å². The molecular weight excluding hydrogens is 521 g/mol. The number of halogens is 4. The SMILES string of the molecule is CNC(=O)c1ccc(N2CCC(CC3CCN(C(=O)C(O)c4cccc(C(F)(F)F)c4)CC3)CC2)nc1Cl. The van der Waals surface area contributed by atoms with Crippen LogP contribution < -0.4 is 10.2 Å². The van der Waals surface area contributed by atoms with Crippen molar-refractivity contribution in [3.05, 3.63) is 58.2 Å². The average molecular weight is 553 g/mol. The smallest absolute Gasteiger partial charge is 0.378 e. The zero-order chi connectivity index (χ0) is 27.4. The molecule has 2 amide bonds. The molecule has 2 aliphatic heterocycles. The summed E-state index contributed by atoms with van der Waals surface area (Å²) in [5, 5.41) is 13.2. The van der Waals surface area contributed by atoms with Crippen molar-refractivity contribution >= 4 is 29.2 Å². The maximum atomic E-state index is 13.0. The van der Waals surface area contributed by atoms with Gasteiger partial charge in [-0.1, -0.05) is 23.7 Å². The predicted octanol–water partition coefficient (Wildman–Crippen LogP) is 4.69. The maximum absolute atomic E-state index is 13.0. The highest BCUT2D eigenvalue weighted by Gasteiger charge is 2.33. The Bertz CT molecular complexity index is 1150. The largest absolute Gasteiger partial charge is 0.416 e. The van der Waals surface area contributed by atoms with E-state index in [0.717, 1.165) is 63.1 Å². The molecule has 1 atom stereocenters. The van der Waals surface area contributed by atoms with E-state index in [1.807, 2.05) is 6.07 Å². The van der Waals surface area contributed by atoms with Crippen molar-refractivity contribution in [3.8, 4) is 0 Å². The summed E-state index contributed by atoms with van der Waals surface area (Å²) in [5.74, 6) is 0.943. The molecule has 0 spiro atoms. The van der Waals surface area contributed by atoms with Crippen LogP contribution in [0, 0.1) is 11.8 Å². The fourth-order valence-electron chi connectivity index (χ4n) is 5.36. The number of carbonyl (C=O) groups is 2. The van der Waals surface area contributed by atoms with E-state index in [4.69, 9.17) is 11.6 Å². The van der Waals surface area contributed by atoms with E-state index in [1.54, 1.807) is 18.0 Å². The van der Waals surface area contributed by atoms with E-state index in [9.17, 15) is 27.9 Å². The van der Waals surface area contributed by atoms with E-state index in [1.165, 1.54) is 12.1 Å². The third-order valence-corrected chi connectivity index (χ3v) is 7.89. The Morgan fingerprint density at radius 2 is 1.71 bits per heavy atom. The number of piperidine rings is 2. The lowest BCUT2D eigenvalue weighted by Crippen LogP contribution is -2.42. The lowest BCUT2D eigenvalue weighted by molar-refractivity contribution is -0.143. The number of carbonyl (C=O) groups excluding carboxylic acids is 2. The van der Waals surface area contributed by atoms with E-state index < -0.39 is 23.8 Å². The number of aromatic nitrogens is 1. The van der Waals surface area contributed by atoms with Gasteiger partial charge in [0.25, 0.3) is 11.8 Å². The molecule has 38 heavy (non-hydrogen) atoms. The summed E-state index contributed by atoms with van der Waals surface area (Å²) in [6.07, 6.45) is -1.47. The summed E-state index contributed by atoms with van der Waals surface area (Å²) in [7, 11) is 1.54. The number of rotatable bonds is 6. The molecule has 11 heteroatoms. The van der Waals surface area contributed by atoms with E-state index in [0.29, 0.717) is 30.5 Å². The van der Waals surface area contributed by atoms with Crippen LogP contribution in [0.2, 0.25) is 5.15 Å². The predicted molar refractivity (Wildman–Crippen MR) is 138 cm³/mol. The summed E-state index contributed by atoms with van der Waals surface area (Å²) in [6.45, 7) is 2.65. The Kier molecular flexibility index (Phi) is 8.82. The number of pyridine rings is 1. The zero-order valence-corrected chi connectivity index (χ0v) is 21.9. The van der Waals surface area contributed by atoms with Crippen molar-refractivity contribution in [3.63, 3.8) is 0 Å². The lowest BCUT2D eigenvalue weighted by Gasteiger charge is -2.37. The molecule has 2 N–H and O–H groups in total. The van der Waals surface area contributed by atoms with Crippen LogP contribution in [-0.2, 0) is 11.0 Å². The fraction of sp³-hybridized carbons (Fsp3) is 0.519. The minimum absolute atomic E-state index is 0.0437.